The molecule has 6 nitrogen and oxygen atoms in total. The molecule has 27 heavy (non-hydrogen) atoms. The number of carboxylic acids is 1. The summed E-state index contributed by atoms with van der Waals surface area (Å²) in [6.45, 7) is 3.75. The van der Waals surface area contributed by atoms with Gasteiger partial charge in [0.05, 0.1) is 0 Å². The molecule has 2 aromatic carbocycles. The fourth-order valence-electron chi connectivity index (χ4n) is 2.81. The van der Waals surface area contributed by atoms with Crippen molar-refractivity contribution in [3.8, 4) is 0 Å². The van der Waals surface area contributed by atoms with E-state index in [9.17, 15) is 14.4 Å². The first-order chi connectivity index (χ1) is 12.9. The van der Waals surface area contributed by atoms with Crippen LogP contribution in [0.5, 0.6) is 0 Å². The van der Waals surface area contributed by atoms with Crippen LogP contribution in [-0.2, 0) is 9.59 Å². The van der Waals surface area contributed by atoms with Crippen molar-refractivity contribution >= 4 is 23.5 Å². The minimum absolute atomic E-state index is 0.0966. The standard InChI is InChI=1S/C21H24N2O4/c1-14(2)18(15-6-4-3-5-7-15)12-19(24)23-17-10-8-16(9-11-17)21(27)22-13-20(25)26/h3-11,14,18H,12-13H2,1-2H3,(H,22,27)(H,23,24)(H,25,26). The number of hydrogen-bond donors (Lipinski definition) is 3. The first-order valence-electron chi connectivity index (χ1n) is 8.81. The van der Waals surface area contributed by atoms with E-state index in [0.717, 1.165) is 5.56 Å². The van der Waals surface area contributed by atoms with Crippen molar-refractivity contribution in [2.75, 3.05) is 11.9 Å². The number of carboxylic acid groups (broad SMARTS) is 1. The summed E-state index contributed by atoms with van der Waals surface area (Å²) in [6, 6.07) is 16.3. The van der Waals surface area contributed by atoms with Crippen LogP contribution < -0.4 is 10.6 Å². The zero-order valence-corrected chi connectivity index (χ0v) is 15.4. The quantitative estimate of drug-likeness (QED) is 0.666. The minimum atomic E-state index is -1.11. The van der Waals surface area contributed by atoms with E-state index in [0.29, 0.717) is 23.6 Å². The maximum absolute atomic E-state index is 12.4. The maximum Gasteiger partial charge on any atom is 0.322 e. The summed E-state index contributed by atoms with van der Waals surface area (Å²) in [5, 5.41) is 13.7. The molecule has 0 bridgehead atoms. The Morgan fingerprint density at radius 3 is 2.15 bits per heavy atom. The second kappa shape index (κ2) is 9.52. The lowest BCUT2D eigenvalue weighted by atomic mass is 9.85. The van der Waals surface area contributed by atoms with Gasteiger partial charge in [-0.2, -0.15) is 0 Å². The van der Waals surface area contributed by atoms with Gasteiger partial charge in [0.15, 0.2) is 0 Å². The van der Waals surface area contributed by atoms with E-state index in [1.165, 1.54) is 0 Å². The topological polar surface area (TPSA) is 95.5 Å². The summed E-state index contributed by atoms with van der Waals surface area (Å²) in [7, 11) is 0. The van der Waals surface area contributed by atoms with Crippen LogP contribution in [0.1, 0.15) is 42.1 Å². The number of rotatable bonds is 8. The second-order valence-electron chi connectivity index (χ2n) is 6.67. The van der Waals surface area contributed by atoms with Crippen LogP contribution in [0.4, 0.5) is 5.69 Å². The molecule has 2 amide bonds. The van der Waals surface area contributed by atoms with Gasteiger partial charge in [0.25, 0.3) is 5.91 Å². The van der Waals surface area contributed by atoms with Gasteiger partial charge < -0.3 is 15.7 Å². The van der Waals surface area contributed by atoms with E-state index in [1.807, 2.05) is 30.3 Å². The highest BCUT2D eigenvalue weighted by atomic mass is 16.4. The highest BCUT2D eigenvalue weighted by molar-refractivity contribution is 5.97. The molecule has 0 spiro atoms. The van der Waals surface area contributed by atoms with Crippen molar-refractivity contribution in [2.45, 2.75) is 26.2 Å². The first kappa shape index (κ1) is 20.2. The third kappa shape index (κ3) is 6.26. The predicted octanol–water partition coefficient (Wildman–Crippen LogP) is 3.27. The Hall–Kier alpha value is -3.15. The van der Waals surface area contributed by atoms with Crippen LogP contribution in [0, 0.1) is 5.92 Å². The number of amides is 2. The van der Waals surface area contributed by atoms with Crippen molar-refractivity contribution in [1.82, 2.24) is 5.32 Å². The summed E-state index contributed by atoms with van der Waals surface area (Å²) in [5.41, 5.74) is 2.05. The summed E-state index contributed by atoms with van der Waals surface area (Å²) in [4.78, 5) is 34.7. The SMILES string of the molecule is CC(C)C(CC(=O)Nc1ccc(C(=O)NCC(=O)O)cc1)c1ccccc1. The van der Waals surface area contributed by atoms with Gasteiger partial charge in [0.2, 0.25) is 5.91 Å². The van der Waals surface area contributed by atoms with Gasteiger partial charge in [0, 0.05) is 17.7 Å². The number of nitrogens with one attached hydrogen (secondary N) is 2. The number of hydrogen-bond acceptors (Lipinski definition) is 3. The highest BCUT2D eigenvalue weighted by Gasteiger charge is 2.19. The van der Waals surface area contributed by atoms with Crippen molar-refractivity contribution in [2.24, 2.45) is 5.92 Å². The molecular formula is C21H24N2O4. The molecule has 2 aromatic rings. The third-order valence-electron chi connectivity index (χ3n) is 4.27. The molecule has 3 N–H and O–H groups in total. The Balaban J connectivity index is 1.96. The van der Waals surface area contributed by atoms with Crippen LogP contribution >= 0.6 is 0 Å². The summed E-state index contributed by atoms with van der Waals surface area (Å²) in [5.74, 6) is -1.24. The Bertz CT molecular complexity index is 786. The predicted molar refractivity (Wildman–Crippen MR) is 104 cm³/mol. The average Bonchev–Trinajstić information content (AvgIpc) is 2.65. The van der Waals surface area contributed by atoms with E-state index in [-0.39, 0.29) is 11.8 Å². The van der Waals surface area contributed by atoms with Crippen LogP contribution in [-0.4, -0.2) is 29.4 Å². The lowest BCUT2D eigenvalue weighted by molar-refractivity contribution is -0.135. The molecule has 0 heterocycles. The van der Waals surface area contributed by atoms with Gasteiger partial charge >= 0.3 is 5.97 Å². The molecule has 1 unspecified atom stereocenters. The summed E-state index contributed by atoms with van der Waals surface area (Å²) in [6.07, 6.45) is 0.364. The first-order valence-corrected chi connectivity index (χ1v) is 8.81. The van der Waals surface area contributed by atoms with Crippen LogP contribution in [0.2, 0.25) is 0 Å². The number of anilines is 1. The molecule has 6 heteroatoms. The minimum Gasteiger partial charge on any atom is -0.480 e. The lowest BCUT2D eigenvalue weighted by Crippen LogP contribution is -2.29. The monoisotopic (exact) mass is 368 g/mol. The fourth-order valence-corrected chi connectivity index (χ4v) is 2.81. The molecule has 0 saturated carbocycles. The van der Waals surface area contributed by atoms with Gasteiger partial charge in [-0.05, 0) is 41.7 Å². The van der Waals surface area contributed by atoms with Gasteiger partial charge in [-0.25, -0.2) is 0 Å². The van der Waals surface area contributed by atoms with Gasteiger partial charge in [-0.3, -0.25) is 14.4 Å². The van der Waals surface area contributed by atoms with Crippen molar-refractivity contribution in [3.63, 3.8) is 0 Å². The zero-order chi connectivity index (χ0) is 19.8. The molecule has 2 rings (SSSR count). The number of aliphatic carboxylic acids is 1. The molecule has 0 saturated heterocycles. The van der Waals surface area contributed by atoms with E-state index >= 15 is 0 Å². The smallest absolute Gasteiger partial charge is 0.322 e. The van der Waals surface area contributed by atoms with Crippen LogP contribution in [0.15, 0.2) is 54.6 Å². The third-order valence-corrected chi connectivity index (χ3v) is 4.27. The van der Waals surface area contributed by atoms with E-state index in [4.69, 9.17) is 5.11 Å². The van der Waals surface area contributed by atoms with E-state index in [1.54, 1.807) is 24.3 Å². The largest absolute Gasteiger partial charge is 0.480 e. The molecule has 0 aromatic heterocycles. The van der Waals surface area contributed by atoms with Gasteiger partial charge in [-0.15, -0.1) is 0 Å². The fraction of sp³-hybridized carbons (Fsp3) is 0.286. The molecule has 0 aliphatic rings. The second-order valence-corrected chi connectivity index (χ2v) is 6.67. The van der Waals surface area contributed by atoms with E-state index < -0.39 is 18.4 Å². The van der Waals surface area contributed by atoms with Crippen molar-refractivity contribution in [3.05, 3.63) is 65.7 Å². The lowest BCUT2D eigenvalue weighted by Gasteiger charge is -2.21. The Kier molecular flexibility index (Phi) is 7.11. The van der Waals surface area contributed by atoms with Crippen molar-refractivity contribution in [1.29, 1.82) is 0 Å². The number of carbonyl (C=O) groups excluding carboxylic acids is 2. The molecule has 0 radical (unpaired) electrons. The van der Waals surface area contributed by atoms with E-state index in [2.05, 4.69) is 24.5 Å². The van der Waals surface area contributed by atoms with Crippen LogP contribution in [0.3, 0.4) is 0 Å². The van der Waals surface area contributed by atoms with Crippen LogP contribution in [0.25, 0.3) is 0 Å². The summed E-state index contributed by atoms with van der Waals surface area (Å²) < 4.78 is 0. The summed E-state index contributed by atoms with van der Waals surface area (Å²) >= 11 is 0. The Morgan fingerprint density at radius 1 is 0.963 bits per heavy atom. The molecule has 142 valence electrons. The maximum atomic E-state index is 12.4. The number of carbonyl (C=O) groups is 3. The molecular weight excluding hydrogens is 344 g/mol. The molecule has 0 aliphatic heterocycles. The Labute approximate surface area is 158 Å². The number of benzene rings is 2. The normalized spacial score (nSPS) is 11.7. The van der Waals surface area contributed by atoms with Gasteiger partial charge in [-0.1, -0.05) is 44.2 Å². The molecule has 1 atom stereocenters. The van der Waals surface area contributed by atoms with Crippen molar-refractivity contribution < 1.29 is 19.5 Å². The zero-order valence-electron chi connectivity index (χ0n) is 15.4. The highest BCUT2D eigenvalue weighted by Crippen LogP contribution is 2.28. The Morgan fingerprint density at radius 2 is 1.59 bits per heavy atom. The molecule has 0 aliphatic carbocycles. The average molecular weight is 368 g/mol. The molecule has 0 fully saturated rings. The van der Waals surface area contributed by atoms with Gasteiger partial charge in [0.1, 0.15) is 6.54 Å².